The van der Waals surface area contributed by atoms with Crippen molar-refractivity contribution in [3.05, 3.63) is 48.0 Å². The molecule has 2 rings (SSSR count). The first-order valence-electron chi connectivity index (χ1n) is 7.93. The number of carbonyl (C=O) groups is 1. The topological polar surface area (TPSA) is 88.1 Å². The summed E-state index contributed by atoms with van der Waals surface area (Å²) in [6, 6.07) is 9.94. The van der Waals surface area contributed by atoms with Crippen molar-refractivity contribution < 1.29 is 31.6 Å². The summed E-state index contributed by atoms with van der Waals surface area (Å²) in [5, 5.41) is 0. The zero-order valence-electron chi connectivity index (χ0n) is 14.7. The molecule has 0 unspecified atom stereocenters. The summed E-state index contributed by atoms with van der Waals surface area (Å²) in [6.07, 6.45) is 0. The van der Waals surface area contributed by atoms with Crippen molar-refractivity contribution in [3.63, 3.8) is 0 Å². The molecule has 8 heteroatoms. The average Bonchev–Trinajstić information content (AvgIpc) is 2.62. The van der Waals surface area contributed by atoms with E-state index in [1.165, 1.54) is 49.6 Å². The Hall–Kier alpha value is -2.74. The van der Waals surface area contributed by atoms with E-state index < -0.39 is 16.1 Å². The van der Waals surface area contributed by atoms with Gasteiger partial charge in [-0.05, 0) is 44.2 Å². The quantitative estimate of drug-likeness (QED) is 0.514. The van der Waals surface area contributed by atoms with E-state index in [0.29, 0.717) is 24.7 Å². The first-order chi connectivity index (χ1) is 12.4. The monoisotopic (exact) mass is 380 g/mol. The molecule has 140 valence electrons. The summed E-state index contributed by atoms with van der Waals surface area (Å²) >= 11 is 0. The molecule has 2 aromatic carbocycles. The maximum absolute atomic E-state index is 12.5. The number of carbonyl (C=O) groups excluding carboxylic acids is 1. The summed E-state index contributed by atoms with van der Waals surface area (Å²) < 4.78 is 45.7. The van der Waals surface area contributed by atoms with Crippen molar-refractivity contribution in [3.8, 4) is 17.2 Å². The normalized spacial score (nSPS) is 10.9. The Balaban J connectivity index is 2.32. The number of hydrogen-bond donors (Lipinski definition) is 0. The van der Waals surface area contributed by atoms with Gasteiger partial charge >= 0.3 is 16.1 Å². The number of esters is 1. The molecule has 0 atom stereocenters. The Morgan fingerprint density at radius 1 is 0.962 bits per heavy atom. The molecule has 0 radical (unpaired) electrons. The smallest absolute Gasteiger partial charge is 0.339 e. The molecule has 0 aliphatic rings. The van der Waals surface area contributed by atoms with Gasteiger partial charge in [0.05, 0.1) is 25.9 Å². The number of benzene rings is 2. The van der Waals surface area contributed by atoms with Gasteiger partial charge < -0.3 is 18.4 Å². The van der Waals surface area contributed by atoms with Crippen molar-refractivity contribution in [2.45, 2.75) is 18.7 Å². The maximum Gasteiger partial charge on any atom is 0.339 e. The Kier molecular flexibility index (Phi) is 6.46. The van der Waals surface area contributed by atoms with E-state index in [1.54, 1.807) is 6.92 Å². The summed E-state index contributed by atoms with van der Waals surface area (Å²) in [6.45, 7) is 4.37. The van der Waals surface area contributed by atoms with E-state index in [0.717, 1.165) is 0 Å². The molecule has 0 heterocycles. The van der Waals surface area contributed by atoms with E-state index >= 15 is 0 Å². The van der Waals surface area contributed by atoms with Gasteiger partial charge in [0.2, 0.25) is 0 Å². The van der Waals surface area contributed by atoms with Crippen LogP contribution < -0.4 is 13.7 Å². The molecule has 0 saturated carbocycles. The molecule has 0 spiro atoms. The molecule has 0 aromatic heterocycles. The van der Waals surface area contributed by atoms with Crippen molar-refractivity contribution in [1.29, 1.82) is 0 Å². The molecule has 0 fully saturated rings. The number of methoxy groups -OCH3 is 1. The lowest BCUT2D eigenvalue weighted by molar-refractivity contribution is 0.0600. The van der Waals surface area contributed by atoms with Crippen molar-refractivity contribution in [2.24, 2.45) is 0 Å². The molecule has 0 N–H and O–H groups in total. The predicted molar refractivity (Wildman–Crippen MR) is 94.4 cm³/mol. The van der Waals surface area contributed by atoms with Crippen LogP contribution in [0.3, 0.4) is 0 Å². The highest BCUT2D eigenvalue weighted by Crippen LogP contribution is 2.31. The Bertz CT molecular complexity index is 875. The second kappa shape index (κ2) is 8.57. The lowest BCUT2D eigenvalue weighted by Crippen LogP contribution is -2.11. The minimum Gasteiger partial charge on any atom is -0.490 e. The van der Waals surface area contributed by atoms with Crippen molar-refractivity contribution in [2.75, 3.05) is 20.3 Å². The molecule has 26 heavy (non-hydrogen) atoms. The largest absolute Gasteiger partial charge is 0.490 e. The zero-order valence-corrected chi connectivity index (χ0v) is 15.5. The fraction of sp³-hybridized carbons (Fsp3) is 0.278. The van der Waals surface area contributed by atoms with Crippen LogP contribution in [-0.4, -0.2) is 34.7 Å². The highest BCUT2D eigenvalue weighted by atomic mass is 32.2. The van der Waals surface area contributed by atoms with Gasteiger partial charge in [0.1, 0.15) is 10.6 Å². The Labute approximate surface area is 152 Å². The van der Waals surface area contributed by atoms with Crippen LogP contribution in [0.15, 0.2) is 47.4 Å². The number of rotatable bonds is 8. The second-order valence-electron chi connectivity index (χ2n) is 5.03. The van der Waals surface area contributed by atoms with Crippen LogP contribution in [-0.2, 0) is 14.9 Å². The highest BCUT2D eigenvalue weighted by molar-refractivity contribution is 7.87. The van der Waals surface area contributed by atoms with E-state index in [1.807, 2.05) is 6.92 Å². The van der Waals surface area contributed by atoms with Gasteiger partial charge in [0.25, 0.3) is 0 Å². The fourth-order valence-electron chi connectivity index (χ4n) is 2.15. The fourth-order valence-corrected chi connectivity index (χ4v) is 3.09. The van der Waals surface area contributed by atoms with Crippen LogP contribution >= 0.6 is 0 Å². The van der Waals surface area contributed by atoms with Crippen LogP contribution in [0.4, 0.5) is 0 Å². The molecule has 2 aromatic rings. The lowest BCUT2D eigenvalue weighted by atomic mass is 10.2. The first kappa shape index (κ1) is 19.6. The molecular weight excluding hydrogens is 360 g/mol. The van der Waals surface area contributed by atoms with Gasteiger partial charge in [-0.25, -0.2) is 4.79 Å². The Morgan fingerprint density at radius 3 is 2.31 bits per heavy atom. The Morgan fingerprint density at radius 2 is 1.65 bits per heavy atom. The molecule has 0 bridgehead atoms. The van der Waals surface area contributed by atoms with E-state index in [4.69, 9.17) is 13.7 Å². The maximum atomic E-state index is 12.5. The minimum absolute atomic E-state index is 0.000236. The second-order valence-corrected chi connectivity index (χ2v) is 6.58. The van der Waals surface area contributed by atoms with Crippen LogP contribution in [0, 0.1) is 0 Å². The minimum atomic E-state index is -4.12. The van der Waals surface area contributed by atoms with Crippen LogP contribution in [0.5, 0.6) is 17.2 Å². The van der Waals surface area contributed by atoms with E-state index in [2.05, 4.69) is 4.74 Å². The molecule has 0 amide bonds. The average molecular weight is 380 g/mol. The molecule has 7 nitrogen and oxygen atoms in total. The first-order valence-corrected chi connectivity index (χ1v) is 9.34. The van der Waals surface area contributed by atoms with Gasteiger partial charge in [-0.3, -0.25) is 0 Å². The van der Waals surface area contributed by atoms with Crippen molar-refractivity contribution >= 4 is 16.1 Å². The van der Waals surface area contributed by atoms with Gasteiger partial charge in [0.15, 0.2) is 11.5 Å². The van der Waals surface area contributed by atoms with Crippen molar-refractivity contribution in [1.82, 2.24) is 0 Å². The third kappa shape index (κ3) is 4.66. The predicted octanol–water partition coefficient (Wildman–Crippen LogP) is 3.04. The summed E-state index contributed by atoms with van der Waals surface area (Å²) in [5.41, 5.74) is 0.182. The number of hydrogen-bond acceptors (Lipinski definition) is 7. The van der Waals surface area contributed by atoms with E-state index in [9.17, 15) is 13.2 Å². The summed E-state index contributed by atoms with van der Waals surface area (Å²) in [5.74, 6) is 0.163. The molecule has 0 aliphatic carbocycles. The SMILES string of the molecule is CCOc1ccc(S(=O)(=O)Oc2cccc(C(=O)OC)c2)cc1OCC. The van der Waals surface area contributed by atoms with Crippen LogP contribution in [0.2, 0.25) is 0 Å². The van der Waals surface area contributed by atoms with Gasteiger partial charge in [-0.1, -0.05) is 6.07 Å². The molecular formula is C18H20O7S. The van der Waals surface area contributed by atoms with Gasteiger partial charge in [-0.15, -0.1) is 0 Å². The van der Waals surface area contributed by atoms with Gasteiger partial charge in [-0.2, -0.15) is 8.42 Å². The third-order valence-corrected chi connectivity index (χ3v) is 4.51. The molecule has 0 saturated heterocycles. The van der Waals surface area contributed by atoms with Crippen LogP contribution in [0.25, 0.3) is 0 Å². The third-order valence-electron chi connectivity index (χ3n) is 3.26. The van der Waals surface area contributed by atoms with Crippen LogP contribution in [0.1, 0.15) is 24.2 Å². The zero-order chi connectivity index (χ0) is 19.2. The summed E-state index contributed by atoms with van der Waals surface area (Å²) in [7, 11) is -2.88. The summed E-state index contributed by atoms with van der Waals surface area (Å²) in [4.78, 5) is 11.5. The highest BCUT2D eigenvalue weighted by Gasteiger charge is 2.20. The lowest BCUT2D eigenvalue weighted by Gasteiger charge is -2.13. The standard InChI is InChI=1S/C18H20O7S/c1-4-23-16-10-9-15(12-17(16)24-5-2)26(20,21)25-14-8-6-7-13(11-14)18(19)22-3/h6-12H,4-5H2,1-3H3. The molecule has 0 aliphatic heterocycles. The van der Waals surface area contributed by atoms with Gasteiger partial charge in [0, 0.05) is 6.07 Å². The van der Waals surface area contributed by atoms with E-state index in [-0.39, 0.29) is 16.2 Å². The number of ether oxygens (including phenoxy) is 3.